The van der Waals surface area contributed by atoms with Crippen molar-refractivity contribution in [3.8, 4) is 0 Å². The van der Waals surface area contributed by atoms with Crippen LogP contribution in [0.2, 0.25) is 0 Å². The summed E-state index contributed by atoms with van der Waals surface area (Å²) >= 11 is 3.42. The summed E-state index contributed by atoms with van der Waals surface area (Å²) in [5.41, 5.74) is 4.46. The minimum Gasteiger partial charge on any atom is -0.345 e. The average molecular weight is 335 g/mol. The number of carbonyl (C=O) groups is 1. The number of aromatic nitrogens is 1. The van der Waals surface area contributed by atoms with Crippen LogP contribution in [0.5, 0.6) is 0 Å². The van der Waals surface area contributed by atoms with Crippen molar-refractivity contribution in [1.29, 1.82) is 0 Å². The zero-order valence-corrected chi connectivity index (χ0v) is 12.5. The molecule has 0 aliphatic heterocycles. The van der Waals surface area contributed by atoms with Gasteiger partial charge in [-0.15, -0.1) is 0 Å². The second kappa shape index (κ2) is 6.49. The van der Waals surface area contributed by atoms with E-state index in [1.165, 1.54) is 6.20 Å². The molecule has 1 atom stereocenters. The molecular weight excluding hydrogens is 320 g/mol. The molecule has 1 unspecified atom stereocenters. The molecule has 20 heavy (non-hydrogen) atoms. The van der Waals surface area contributed by atoms with Gasteiger partial charge in [-0.3, -0.25) is 15.6 Å². The van der Waals surface area contributed by atoms with Crippen LogP contribution in [0.25, 0.3) is 0 Å². The molecular formula is C14H15BrN4O. The van der Waals surface area contributed by atoms with Crippen LogP contribution in [0.1, 0.15) is 28.9 Å². The number of hydrogen-bond donors (Lipinski definition) is 3. The maximum atomic E-state index is 12.2. The maximum Gasteiger partial charge on any atom is 0.255 e. The number of anilines is 1. The van der Waals surface area contributed by atoms with Gasteiger partial charge in [0.15, 0.2) is 0 Å². The molecule has 0 aliphatic rings. The molecule has 1 aromatic carbocycles. The molecule has 0 saturated carbocycles. The number of hydrazine groups is 1. The zero-order chi connectivity index (χ0) is 14.5. The Morgan fingerprint density at radius 3 is 2.90 bits per heavy atom. The molecule has 2 rings (SSSR count). The van der Waals surface area contributed by atoms with Crippen LogP contribution in [-0.4, -0.2) is 10.9 Å². The number of halogens is 1. The Bertz CT molecular complexity index is 618. The van der Waals surface area contributed by atoms with E-state index in [9.17, 15) is 4.79 Å². The lowest BCUT2D eigenvalue weighted by atomic mass is 10.1. The zero-order valence-electron chi connectivity index (χ0n) is 10.9. The molecule has 0 bridgehead atoms. The van der Waals surface area contributed by atoms with Crippen molar-refractivity contribution < 1.29 is 4.79 Å². The molecule has 0 spiro atoms. The highest BCUT2D eigenvalue weighted by Crippen LogP contribution is 2.19. The first-order valence-corrected chi connectivity index (χ1v) is 6.88. The molecule has 5 nitrogen and oxygen atoms in total. The van der Waals surface area contributed by atoms with Gasteiger partial charge in [0.05, 0.1) is 17.3 Å². The Kier molecular flexibility index (Phi) is 4.70. The number of nitrogens with two attached hydrogens (primary N) is 1. The molecule has 0 saturated heterocycles. The topological polar surface area (TPSA) is 80.0 Å². The van der Waals surface area contributed by atoms with Crippen molar-refractivity contribution >= 4 is 27.5 Å². The quantitative estimate of drug-likeness (QED) is 0.593. The Morgan fingerprint density at radius 2 is 2.20 bits per heavy atom. The van der Waals surface area contributed by atoms with E-state index >= 15 is 0 Å². The first-order valence-electron chi connectivity index (χ1n) is 6.08. The number of benzene rings is 1. The van der Waals surface area contributed by atoms with Gasteiger partial charge in [-0.1, -0.05) is 28.1 Å². The first-order chi connectivity index (χ1) is 9.61. The van der Waals surface area contributed by atoms with Crippen LogP contribution >= 0.6 is 15.9 Å². The second-order valence-corrected chi connectivity index (χ2v) is 5.23. The van der Waals surface area contributed by atoms with Crippen LogP contribution in [0, 0.1) is 0 Å². The summed E-state index contributed by atoms with van der Waals surface area (Å²) in [5, 5.41) is 2.92. The van der Waals surface area contributed by atoms with Crippen molar-refractivity contribution in [3.63, 3.8) is 0 Å². The van der Waals surface area contributed by atoms with Gasteiger partial charge in [-0.05, 0) is 30.7 Å². The summed E-state index contributed by atoms with van der Waals surface area (Å²) in [6.45, 7) is 1.92. The monoisotopic (exact) mass is 334 g/mol. The maximum absolute atomic E-state index is 12.2. The van der Waals surface area contributed by atoms with Crippen LogP contribution < -0.4 is 16.6 Å². The molecule has 0 radical (unpaired) electrons. The summed E-state index contributed by atoms with van der Waals surface area (Å²) in [6.07, 6.45) is 3.06. The van der Waals surface area contributed by atoms with E-state index in [0.717, 1.165) is 10.0 Å². The summed E-state index contributed by atoms with van der Waals surface area (Å²) in [5.74, 6) is 5.16. The van der Waals surface area contributed by atoms with Crippen molar-refractivity contribution in [2.45, 2.75) is 13.0 Å². The predicted molar refractivity (Wildman–Crippen MR) is 82.1 cm³/mol. The molecule has 1 aromatic heterocycles. The molecule has 6 heteroatoms. The number of nitrogens with one attached hydrogen (secondary N) is 2. The minimum atomic E-state index is -0.224. The Morgan fingerprint density at radius 1 is 1.40 bits per heavy atom. The predicted octanol–water partition coefficient (Wildman–Crippen LogP) is 2.62. The van der Waals surface area contributed by atoms with Crippen LogP contribution in [0.15, 0.2) is 47.2 Å². The van der Waals surface area contributed by atoms with Gasteiger partial charge >= 0.3 is 0 Å². The van der Waals surface area contributed by atoms with Gasteiger partial charge in [0.25, 0.3) is 5.91 Å². The smallest absolute Gasteiger partial charge is 0.255 e. The molecule has 0 fully saturated rings. The summed E-state index contributed by atoms with van der Waals surface area (Å²) in [4.78, 5) is 16.2. The average Bonchev–Trinajstić information content (AvgIpc) is 2.47. The van der Waals surface area contributed by atoms with Crippen molar-refractivity contribution in [2.75, 3.05) is 5.43 Å². The SMILES string of the molecule is CC(NC(=O)c1cnccc1NN)c1cccc(Br)c1. The van der Waals surface area contributed by atoms with Gasteiger partial charge in [-0.2, -0.15) is 0 Å². The molecule has 0 aliphatic carbocycles. The van der Waals surface area contributed by atoms with E-state index in [-0.39, 0.29) is 11.9 Å². The van der Waals surface area contributed by atoms with Gasteiger partial charge in [0.2, 0.25) is 0 Å². The van der Waals surface area contributed by atoms with Crippen molar-refractivity contribution in [3.05, 3.63) is 58.3 Å². The summed E-state index contributed by atoms with van der Waals surface area (Å²) < 4.78 is 0.974. The van der Waals surface area contributed by atoms with Gasteiger partial charge < -0.3 is 10.7 Å². The van der Waals surface area contributed by atoms with Gasteiger partial charge in [-0.25, -0.2) is 0 Å². The third kappa shape index (κ3) is 3.34. The van der Waals surface area contributed by atoms with E-state index in [4.69, 9.17) is 5.84 Å². The fourth-order valence-electron chi connectivity index (χ4n) is 1.83. The highest BCUT2D eigenvalue weighted by atomic mass is 79.9. The van der Waals surface area contributed by atoms with Gasteiger partial charge in [0.1, 0.15) is 0 Å². The Labute approximate surface area is 125 Å². The van der Waals surface area contributed by atoms with Crippen LogP contribution in [0.3, 0.4) is 0 Å². The normalized spacial score (nSPS) is 11.8. The van der Waals surface area contributed by atoms with Gasteiger partial charge in [0, 0.05) is 16.9 Å². The number of nitrogen functional groups attached to an aromatic ring is 1. The lowest BCUT2D eigenvalue weighted by molar-refractivity contribution is 0.0940. The van der Waals surface area contributed by atoms with Crippen molar-refractivity contribution in [1.82, 2.24) is 10.3 Å². The fraction of sp³-hybridized carbons (Fsp3) is 0.143. The molecule has 1 heterocycles. The molecule has 104 valence electrons. The van der Waals surface area contributed by atoms with E-state index in [1.807, 2.05) is 31.2 Å². The van der Waals surface area contributed by atoms with E-state index in [0.29, 0.717) is 11.3 Å². The van der Waals surface area contributed by atoms with Crippen molar-refractivity contribution in [2.24, 2.45) is 5.84 Å². The molecule has 2 aromatic rings. The fourth-order valence-corrected chi connectivity index (χ4v) is 2.25. The third-order valence-electron chi connectivity index (χ3n) is 2.92. The third-order valence-corrected chi connectivity index (χ3v) is 3.41. The summed E-state index contributed by atoms with van der Waals surface area (Å²) in [6, 6.07) is 9.33. The number of carbonyl (C=O) groups excluding carboxylic acids is 1. The van der Waals surface area contributed by atoms with E-state index in [1.54, 1.807) is 12.3 Å². The standard InChI is InChI=1S/C14H15BrN4O/c1-9(10-3-2-4-11(15)7-10)18-14(20)12-8-17-6-5-13(12)19-16/h2-9H,16H2,1H3,(H,17,19)(H,18,20). The number of hydrogen-bond acceptors (Lipinski definition) is 4. The Balaban J connectivity index is 2.15. The van der Waals surface area contributed by atoms with Crippen LogP contribution in [0.4, 0.5) is 5.69 Å². The highest BCUT2D eigenvalue weighted by molar-refractivity contribution is 9.10. The molecule has 1 amide bonds. The number of pyridine rings is 1. The van der Waals surface area contributed by atoms with E-state index in [2.05, 4.69) is 31.7 Å². The highest BCUT2D eigenvalue weighted by Gasteiger charge is 2.14. The van der Waals surface area contributed by atoms with E-state index < -0.39 is 0 Å². The number of amides is 1. The lowest BCUT2D eigenvalue weighted by Crippen LogP contribution is -2.28. The number of nitrogens with zero attached hydrogens (tertiary/aromatic N) is 1. The lowest BCUT2D eigenvalue weighted by Gasteiger charge is -2.16. The van der Waals surface area contributed by atoms with Crippen LogP contribution in [-0.2, 0) is 0 Å². The number of rotatable bonds is 4. The summed E-state index contributed by atoms with van der Waals surface area (Å²) in [7, 11) is 0. The largest absolute Gasteiger partial charge is 0.345 e. The first kappa shape index (κ1) is 14.5. The molecule has 4 N–H and O–H groups in total. The minimum absolute atomic E-state index is 0.120. The Hall–Kier alpha value is -1.92. The second-order valence-electron chi connectivity index (χ2n) is 4.32.